The molecule has 0 aromatic heterocycles. The summed E-state index contributed by atoms with van der Waals surface area (Å²) in [5.74, 6) is -0.705. The number of aliphatic hydroxyl groups is 1. The van der Waals surface area contributed by atoms with E-state index < -0.39 is 23.8 Å². The molecule has 0 bridgehead atoms. The van der Waals surface area contributed by atoms with Crippen LogP contribution in [0.2, 0.25) is 0 Å². The maximum Gasteiger partial charge on any atom is 0.416 e. The van der Waals surface area contributed by atoms with Crippen molar-refractivity contribution >= 4 is 5.91 Å². The first-order valence-corrected chi connectivity index (χ1v) is 7.72. The van der Waals surface area contributed by atoms with Gasteiger partial charge >= 0.3 is 6.18 Å². The lowest BCUT2D eigenvalue weighted by molar-refractivity contribution is -0.138. The maximum absolute atomic E-state index is 13.0. The number of benzene rings is 1. The van der Waals surface area contributed by atoms with E-state index in [2.05, 4.69) is 5.32 Å². The molecule has 0 heterocycles. The molecule has 0 spiro atoms. The third kappa shape index (κ3) is 6.60. The highest BCUT2D eigenvalue weighted by atomic mass is 19.4. The Morgan fingerprint density at radius 2 is 1.83 bits per heavy atom. The molecular formula is C17H24F3NO2. The lowest BCUT2D eigenvalue weighted by Crippen LogP contribution is -2.30. The number of alkyl halides is 3. The number of hydrogen-bond acceptors (Lipinski definition) is 2. The van der Waals surface area contributed by atoms with E-state index in [1.54, 1.807) is 19.9 Å². The Hall–Kier alpha value is -1.56. The minimum Gasteiger partial charge on any atom is -0.393 e. The van der Waals surface area contributed by atoms with Crippen LogP contribution in [0.5, 0.6) is 0 Å². The van der Waals surface area contributed by atoms with Gasteiger partial charge in [-0.15, -0.1) is 0 Å². The Labute approximate surface area is 134 Å². The summed E-state index contributed by atoms with van der Waals surface area (Å²) < 4.78 is 39.0. The summed E-state index contributed by atoms with van der Waals surface area (Å²) in [5, 5.41) is 12.0. The summed E-state index contributed by atoms with van der Waals surface area (Å²) in [6, 6.07) is 5.34. The van der Waals surface area contributed by atoms with Crippen LogP contribution in [0.1, 0.15) is 50.7 Å². The summed E-state index contributed by atoms with van der Waals surface area (Å²) in [5.41, 5.74) is -0.560. The van der Waals surface area contributed by atoms with Crippen molar-refractivity contribution in [2.24, 2.45) is 5.92 Å². The van der Waals surface area contributed by atoms with E-state index in [-0.39, 0.29) is 23.8 Å². The van der Waals surface area contributed by atoms with Gasteiger partial charge in [0.25, 0.3) is 0 Å². The van der Waals surface area contributed by atoms with E-state index in [0.717, 1.165) is 6.07 Å². The van der Waals surface area contributed by atoms with Crippen LogP contribution in [0.15, 0.2) is 24.3 Å². The van der Waals surface area contributed by atoms with Gasteiger partial charge in [0, 0.05) is 13.0 Å². The molecule has 0 aliphatic heterocycles. The highest BCUT2D eigenvalue weighted by molar-refractivity contribution is 5.76. The summed E-state index contributed by atoms with van der Waals surface area (Å²) in [6.07, 6.45) is -4.31. The molecule has 3 nitrogen and oxygen atoms in total. The lowest BCUT2D eigenvalue weighted by atomic mass is 9.92. The molecule has 0 fully saturated rings. The van der Waals surface area contributed by atoms with Crippen LogP contribution in [-0.2, 0) is 11.0 Å². The standard InChI is InChI=1S/C17H24F3NO2/c1-11(8-13(3)22)10-21-16(23)9-12(2)14-6-4-5-7-15(14)17(18,19)20/h4-7,11-13,22H,8-10H2,1-3H3,(H,21,23). The topological polar surface area (TPSA) is 49.3 Å². The zero-order valence-electron chi connectivity index (χ0n) is 13.7. The van der Waals surface area contributed by atoms with Crippen molar-refractivity contribution in [2.45, 2.75) is 51.8 Å². The molecule has 0 radical (unpaired) electrons. The summed E-state index contributed by atoms with van der Waals surface area (Å²) >= 11 is 0. The van der Waals surface area contributed by atoms with Gasteiger partial charge in [-0.05, 0) is 36.8 Å². The van der Waals surface area contributed by atoms with Crippen LogP contribution < -0.4 is 5.32 Å². The van der Waals surface area contributed by atoms with Crippen molar-refractivity contribution in [1.82, 2.24) is 5.32 Å². The molecule has 6 heteroatoms. The first-order valence-electron chi connectivity index (χ1n) is 7.72. The molecule has 1 amide bonds. The summed E-state index contributed by atoms with van der Waals surface area (Å²) in [7, 11) is 0. The third-order valence-corrected chi connectivity index (χ3v) is 3.68. The lowest BCUT2D eigenvalue weighted by Gasteiger charge is -2.19. The highest BCUT2D eigenvalue weighted by Crippen LogP contribution is 2.35. The van der Waals surface area contributed by atoms with Gasteiger partial charge in [-0.3, -0.25) is 4.79 Å². The average molecular weight is 331 g/mol. The molecule has 1 rings (SSSR count). The van der Waals surface area contributed by atoms with E-state index in [1.165, 1.54) is 12.1 Å². The minimum absolute atomic E-state index is 0.00546. The molecule has 0 saturated heterocycles. The Balaban J connectivity index is 2.63. The van der Waals surface area contributed by atoms with Gasteiger partial charge < -0.3 is 10.4 Å². The zero-order chi connectivity index (χ0) is 17.6. The van der Waals surface area contributed by atoms with E-state index in [1.807, 2.05) is 6.92 Å². The molecule has 3 unspecified atom stereocenters. The van der Waals surface area contributed by atoms with Crippen molar-refractivity contribution in [3.63, 3.8) is 0 Å². The van der Waals surface area contributed by atoms with Gasteiger partial charge in [-0.25, -0.2) is 0 Å². The van der Waals surface area contributed by atoms with Crippen LogP contribution in [0.25, 0.3) is 0 Å². The monoisotopic (exact) mass is 331 g/mol. The van der Waals surface area contributed by atoms with Crippen LogP contribution in [0.3, 0.4) is 0 Å². The van der Waals surface area contributed by atoms with E-state index in [9.17, 15) is 23.1 Å². The number of carbonyl (C=O) groups is 1. The zero-order valence-corrected chi connectivity index (χ0v) is 13.7. The normalized spacial score (nSPS) is 15.8. The van der Waals surface area contributed by atoms with Gasteiger partial charge in [0.2, 0.25) is 5.91 Å². The first kappa shape index (κ1) is 19.5. The fourth-order valence-corrected chi connectivity index (χ4v) is 2.60. The molecule has 130 valence electrons. The number of hydrogen-bond donors (Lipinski definition) is 2. The summed E-state index contributed by atoms with van der Waals surface area (Å²) in [6.45, 7) is 5.59. The molecule has 23 heavy (non-hydrogen) atoms. The van der Waals surface area contributed by atoms with Gasteiger partial charge in [0.1, 0.15) is 0 Å². The Morgan fingerprint density at radius 3 is 2.39 bits per heavy atom. The van der Waals surface area contributed by atoms with Crippen molar-refractivity contribution in [1.29, 1.82) is 0 Å². The second-order valence-corrected chi connectivity index (χ2v) is 6.18. The Morgan fingerprint density at radius 1 is 1.22 bits per heavy atom. The molecule has 0 aliphatic carbocycles. The fraction of sp³-hybridized carbons (Fsp3) is 0.588. The molecule has 3 atom stereocenters. The SMILES string of the molecule is CC(O)CC(C)CNC(=O)CC(C)c1ccccc1C(F)(F)F. The minimum atomic E-state index is -4.42. The van der Waals surface area contributed by atoms with Crippen molar-refractivity contribution in [3.05, 3.63) is 35.4 Å². The van der Waals surface area contributed by atoms with Crippen LogP contribution in [0.4, 0.5) is 13.2 Å². The Bertz CT molecular complexity index is 515. The molecular weight excluding hydrogens is 307 g/mol. The molecule has 0 saturated carbocycles. The second kappa shape index (κ2) is 8.34. The number of nitrogens with one attached hydrogen (secondary N) is 1. The largest absolute Gasteiger partial charge is 0.416 e. The van der Waals surface area contributed by atoms with E-state index in [4.69, 9.17) is 0 Å². The molecule has 1 aromatic rings. The number of aliphatic hydroxyl groups excluding tert-OH is 1. The van der Waals surface area contributed by atoms with E-state index in [0.29, 0.717) is 13.0 Å². The predicted molar refractivity (Wildman–Crippen MR) is 82.9 cm³/mol. The summed E-state index contributed by atoms with van der Waals surface area (Å²) in [4.78, 5) is 11.9. The van der Waals surface area contributed by atoms with Crippen LogP contribution in [0, 0.1) is 5.92 Å². The first-order chi connectivity index (χ1) is 10.6. The van der Waals surface area contributed by atoms with Crippen molar-refractivity contribution < 1.29 is 23.1 Å². The van der Waals surface area contributed by atoms with Gasteiger partial charge in [0.15, 0.2) is 0 Å². The highest BCUT2D eigenvalue weighted by Gasteiger charge is 2.34. The smallest absolute Gasteiger partial charge is 0.393 e. The maximum atomic E-state index is 13.0. The van der Waals surface area contributed by atoms with Crippen molar-refractivity contribution in [2.75, 3.05) is 6.54 Å². The van der Waals surface area contributed by atoms with Crippen LogP contribution in [-0.4, -0.2) is 23.7 Å². The molecule has 2 N–H and O–H groups in total. The number of rotatable bonds is 7. The van der Waals surface area contributed by atoms with Crippen LogP contribution >= 0.6 is 0 Å². The predicted octanol–water partition coefficient (Wildman–Crippen LogP) is 3.72. The van der Waals surface area contributed by atoms with E-state index >= 15 is 0 Å². The number of halogens is 3. The quantitative estimate of drug-likeness (QED) is 0.800. The van der Waals surface area contributed by atoms with Gasteiger partial charge in [0.05, 0.1) is 11.7 Å². The number of carbonyl (C=O) groups excluding carboxylic acids is 1. The number of amides is 1. The third-order valence-electron chi connectivity index (χ3n) is 3.68. The van der Waals surface area contributed by atoms with Crippen molar-refractivity contribution in [3.8, 4) is 0 Å². The average Bonchev–Trinajstić information content (AvgIpc) is 2.43. The fourth-order valence-electron chi connectivity index (χ4n) is 2.60. The Kier molecular flexibility index (Phi) is 7.06. The second-order valence-electron chi connectivity index (χ2n) is 6.18. The van der Waals surface area contributed by atoms with Gasteiger partial charge in [-0.1, -0.05) is 32.0 Å². The molecule has 0 aliphatic rings. The van der Waals surface area contributed by atoms with Gasteiger partial charge in [-0.2, -0.15) is 13.2 Å². The molecule has 1 aromatic carbocycles.